The molecule has 29 heavy (non-hydrogen) atoms. The molecule has 0 saturated carbocycles. The topological polar surface area (TPSA) is 54.0 Å². The summed E-state index contributed by atoms with van der Waals surface area (Å²) < 4.78 is 59.0. The Labute approximate surface area is 169 Å². The molecule has 2 rings (SSSR count). The molecule has 0 aliphatic carbocycles. The first-order valence-electron chi connectivity index (χ1n) is 9.84. The van der Waals surface area contributed by atoms with Crippen LogP contribution in [-0.2, 0) is 14.3 Å². The third-order valence-electron chi connectivity index (χ3n) is 5.25. The number of esters is 1. The second-order valence-corrected chi connectivity index (χ2v) is 7.31. The minimum atomic E-state index is -4.98. The largest absolute Gasteiger partial charge is 0.493 e. The van der Waals surface area contributed by atoms with Gasteiger partial charge in [0.15, 0.2) is 11.5 Å². The average Bonchev–Trinajstić information content (AvgIpc) is 2.67. The highest BCUT2D eigenvalue weighted by Crippen LogP contribution is 2.38. The Morgan fingerprint density at radius 2 is 1.90 bits per heavy atom. The highest BCUT2D eigenvalue weighted by atomic mass is 19.4. The van der Waals surface area contributed by atoms with Gasteiger partial charge in [0, 0.05) is 12.3 Å². The molecule has 0 spiro atoms. The van der Waals surface area contributed by atoms with Crippen molar-refractivity contribution in [3.8, 4) is 11.5 Å². The number of alkyl halides is 3. The van der Waals surface area contributed by atoms with Crippen LogP contribution in [0.5, 0.6) is 11.5 Å². The van der Waals surface area contributed by atoms with E-state index in [1.54, 1.807) is 14.2 Å². The maximum Gasteiger partial charge on any atom is 0.490 e. The van der Waals surface area contributed by atoms with Crippen molar-refractivity contribution >= 4 is 5.97 Å². The number of hydrogen-bond acceptors (Lipinski definition) is 5. The van der Waals surface area contributed by atoms with Crippen molar-refractivity contribution in [1.29, 1.82) is 0 Å². The fraction of sp³-hybridized carbons (Fsp3) is 0.667. The Morgan fingerprint density at radius 3 is 2.45 bits per heavy atom. The second-order valence-electron chi connectivity index (χ2n) is 7.31. The molecule has 1 aromatic carbocycles. The van der Waals surface area contributed by atoms with Gasteiger partial charge in [0.05, 0.1) is 26.4 Å². The summed E-state index contributed by atoms with van der Waals surface area (Å²) in [6, 6.07) is 5.74. The first kappa shape index (κ1) is 23.3. The Bertz CT molecular complexity index is 677. The number of ether oxygens (including phenoxy) is 4. The Hall–Kier alpha value is -1.96. The van der Waals surface area contributed by atoms with Gasteiger partial charge in [0.25, 0.3) is 0 Å². The number of halogens is 3. The molecule has 0 aromatic heterocycles. The molecule has 8 heteroatoms. The summed E-state index contributed by atoms with van der Waals surface area (Å²) in [6.07, 6.45) is -3.43. The van der Waals surface area contributed by atoms with E-state index in [-0.39, 0.29) is 24.5 Å². The molecule has 5 nitrogen and oxygen atoms in total. The molecule has 1 aromatic rings. The van der Waals surface area contributed by atoms with Crippen molar-refractivity contribution < 1.29 is 36.9 Å². The third kappa shape index (κ3) is 6.26. The fourth-order valence-electron chi connectivity index (χ4n) is 3.82. The lowest BCUT2D eigenvalue weighted by atomic mass is 9.85. The van der Waals surface area contributed by atoms with E-state index in [2.05, 4.69) is 4.74 Å². The first-order chi connectivity index (χ1) is 13.7. The number of benzene rings is 1. The van der Waals surface area contributed by atoms with E-state index in [0.29, 0.717) is 30.8 Å². The summed E-state index contributed by atoms with van der Waals surface area (Å²) in [5.41, 5.74) is 1.06. The molecule has 0 bridgehead atoms. The Balaban J connectivity index is 2.00. The van der Waals surface area contributed by atoms with Crippen LogP contribution in [0.2, 0.25) is 0 Å². The number of rotatable bonds is 8. The smallest absolute Gasteiger partial charge is 0.490 e. The van der Waals surface area contributed by atoms with Gasteiger partial charge in [-0.2, -0.15) is 13.2 Å². The summed E-state index contributed by atoms with van der Waals surface area (Å²) in [6.45, 7) is 3.79. The Kier molecular flexibility index (Phi) is 8.19. The highest BCUT2D eigenvalue weighted by molar-refractivity contribution is 5.75. The van der Waals surface area contributed by atoms with Gasteiger partial charge >= 0.3 is 12.1 Å². The second kappa shape index (κ2) is 10.2. The van der Waals surface area contributed by atoms with Crippen LogP contribution < -0.4 is 9.47 Å². The van der Waals surface area contributed by atoms with Crippen molar-refractivity contribution in [2.24, 2.45) is 0 Å². The summed E-state index contributed by atoms with van der Waals surface area (Å²) in [7, 11) is 3.15. The van der Waals surface area contributed by atoms with Gasteiger partial charge in [-0.25, -0.2) is 4.79 Å². The maximum atomic E-state index is 12.5. The molecule has 1 aliphatic heterocycles. The van der Waals surface area contributed by atoms with Crippen LogP contribution in [0.1, 0.15) is 57.4 Å². The van der Waals surface area contributed by atoms with Crippen molar-refractivity contribution in [2.75, 3.05) is 14.2 Å². The van der Waals surface area contributed by atoms with E-state index in [1.807, 2.05) is 32.0 Å². The SMILES string of the molecule is CCC[C@@H](C[C@@H]1CC[C@H](c2ccc(OC)c(OC)c2)[C@@H](C)O1)OC(=O)C(F)(F)F. The number of carbonyl (C=O) groups is 1. The van der Waals surface area contributed by atoms with E-state index in [4.69, 9.17) is 14.2 Å². The lowest BCUT2D eigenvalue weighted by molar-refractivity contribution is -0.207. The van der Waals surface area contributed by atoms with E-state index in [0.717, 1.165) is 12.0 Å². The van der Waals surface area contributed by atoms with Gasteiger partial charge < -0.3 is 18.9 Å². The molecule has 1 fully saturated rings. The van der Waals surface area contributed by atoms with Crippen molar-refractivity contribution in [3.05, 3.63) is 23.8 Å². The summed E-state index contributed by atoms with van der Waals surface area (Å²) in [4.78, 5) is 11.2. The predicted octanol–water partition coefficient (Wildman–Crippen LogP) is 5.02. The fourth-order valence-corrected chi connectivity index (χ4v) is 3.82. The molecule has 0 radical (unpaired) electrons. The maximum absolute atomic E-state index is 12.5. The van der Waals surface area contributed by atoms with Gasteiger partial charge in [0.1, 0.15) is 6.10 Å². The zero-order valence-electron chi connectivity index (χ0n) is 17.3. The molecule has 0 amide bonds. The lowest BCUT2D eigenvalue weighted by Gasteiger charge is -2.36. The number of hydrogen-bond donors (Lipinski definition) is 0. The zero-order valence-corrected chi connectivity index (χ0v) is 17.3. The van der Waals surface area contributed by atoms with Crippen molar-refractivity contribution in [1.82, 2.24) is 0 Å². The van der Waals surface area contributed by atoms with Gasteiger partial charge in [-0.1, -0.05) is 19.4 Å². The zero-order chi connectivity index (χ0) is 21.6. The van der Waals surface area contributed by atoms with Gasteiger partial charge in [-0.05, 0) is 43.9 Å². The van der Waals surface area contributed by atoms with Crippen LogP contribution in [-0.4, -0.2) is 44.7 Å². The van der Waals surface area contributed by atoms with Crippen LogP contribution in [0.15, 0.2) is 18.2 Å². The van der Waals surface area contributed by atoms with Gasteiger partial charge in [0.2, 0.25) is 0 Å². The van der Waals surface area contributed by atoms with Crippen LogP contribution >= 0.6 is 0 Å². The molecule has 0 unspecified atom stereocenters. The van der Waals surface area contributed by atoms with Crippen LogP contribution in [0.3, 0.4) is 0 Å². The molecule has 0 N–H and O–H groups in total. The lowest BCUT2D eigenvalue weighted by Crippen LogP contribution is -2.36. The van der Waals surface area contributed by atoms with E-state index in [1.165, 1.54) is 0 Å². The molecule has 164 valence electrons. The quantitative estimate of drug-likeness (QED) is 0.555. The summed E-state index contributed by atoms with van der Waals surface area (Å²) in [5.74, 6) is -0.717. The molecular formula is C21H29F3O5. The minimum Gasteiger partial charge on any atom is -0.493 e. The normalized spacial score (nSPS) is 23.3. The van der Waals surface area contributed by atoms with Crippen LogP contribution in [0.4, 0.5) is 13.2 Å². The Morgan fingerprint density at radius 1 is 1.21 bits per heavy atom. The molecule has 1 aliphatic rings. The van der Waals surface area contributed by atoms with E-state index >= 15 is 0 Å². The summed E-state index contributed by atoms with van der Waals surface area (Å²) in [5, 5.41) is 0. The van der Waals surface area contributed by atoms with Gasteiger partial charge in [-0.3, -0.25) is 0 Å². The van der Waals surface area contributed by atoms with Crippen molar-refractivity contribution in [3.63, 3.8) is 0 Å². The molecule has 4 atom stereocenters. The monoisotopic (exact) mass is 418 g/mol. The molecular weight excluding hydrogens is 389 g/mol. The number of carbonyl (C=O) groups excluding carboxylic acids is 1. The predicted molar refractivity (Wildman–Crippen MR) is 101 cm³/mol. The van der Waals surface area contributed by atoms with Gasteiger partial charge in [-0.15, -0.1) is 0 Å². The van der Waals surface area contributed by atoms with E-state index in [9.17, 15) is 18.0 Å². The van der Waals surface area contributed by atoms with Crippen LogP contribution in [0, 0.1) is 0 Å². The number of methoxy groups -OCH3 is 2. The first-order valence-corrected chi connectivity index (χ1v) is 9.84. The van der Waals surface area contributed by atoms with Crippen LogP contribution in [0.25, 0.3) is 0 Å². The molecule has 1 saturated heterocycles. The summed E-state index contributed by atoms with van der Waals surface area (Å²) >= 11 is 0. The third-order valence-corrected chi connectivity index (χ3v) is 5.25. The average molecular weight is 418 g/mol. The highest BCUT2D eigenvalue weighted by Gasteiger charge is 2.42. The van der Waals surface area contributed by atoms with E-state index < -0.39 is 18.2 Å². The standard InChI is InChI=1S/C21H29F3O5/c1-5-6-15(29-20(25)21(22,23)24)12-16-8-9-17(13(2)28-16)14-7-10-18(26-3)19(11-14)27-4/h7,10-11,13,15-17H,5-6,8-9,12H2,1-4H3/t13-,15+,16+,17+/m1/s1. The minimum absolute atomic E-state index is 0.132. The molecule has 1 heterocycles. The van der Waals surface area contributed by atoms with Crippen molar-refractivity contribution in [2.45, 2.75) is 76.4 Å².